The van der Waals surface area contributed by atoms with Crippen molar-refractivity contribution in [1.82, 2.24) is 19.1 Å². The van der Waals surface area contributed by atoms with E-state index in [0.29, 0.717) is 42.4 Å². The Bertz CT molecular complexity index is 1170. The summed E-state index contributed by atoms with van der Waals surface area (Å²) in [7, 11) is 1.58. The molecule has 0 fully saturated rings. The first-order valence-corrected chi connectivity index (χ1v) is 9.15. The number of hydrogen-bond acceptors (Lipinski definition) is 6. The number of benzene rings is 1. The van der Waals surface area contributed by atoms with E-state index in [1.807, 2.05) is 21.6 Å². The summed E-state index contributed by atoms with van der Waals surface area (Å²) in [5.41, 5.74) is 1.12. The fraction of sp³-hybridized carbons (Fsp3) is 0.368. The van der Waals surface area contributed by atoms with Crippen LogP contribution < -0.4 is 16.1 Å². The molecule has 2 aromatic heterocycles. The fourth-order valence-corrected chi connectivity index (χ4v) is 3.58. The Hall–Kier alpha value is -3.36. The van der Waals surface area contributed by atoms with Crippen molar-refractivity contribution in [2.45, 2.75) is 20.4 Å². The smallest absolute Gasteiger partial charge is 0.338 e. The minimum Gasteiger partial charge on any atom is -0.462 e. The van der Waals surface area contributed by atoms with Crippen LogP contribution in [-0.4, -0.2) is 38.2 Å². The second-order valence-electron chi connectivity index (χ2n) is 7.00. The number of fused-ring (bicyclic) bond motifs is 3. The van der Waals surface area contributed by atoms with E-state index in [9.17, 15) is 14.4 Å². The number of aromatic nitrogens is 4. The summed E-state index contributed by atoms with van der Waals surface area (Å²) in [6, 6.07) is 7.08. The van der Waals surface area contributed by atoms with Crippen LogP contribution in [0.3, 0.4) is 0 Å². The number of rotatable bonds is 3. The SMILES string of the molecule is CCOC(=O)c1ccc(N2C[C@@H](C)Cn3c2nc2c3c(=O)[nH]c(=O)n2C)cc1. The molecular formula is C19H21N5O4. The Kier molecular flexibility index (Phi) is 4.29. The van der Waals surface area contributed by atoms with Crippen LogP contribution in [0.2, 0.25) is 0 Å². The minimum absolute atomic E-state index is 0.256. The summed E-state index contributed by atoms with van der Waals surface area (Å²) in [4.78, 5) is 45.2. The Balaban J connectivity index is 1.83. The summed E-state index contributed by atoms with van der Waals surface area (Å²) < 4.78 is 8.21. The van der Waals surface area contributed by atoms with Crippen LogP contribution in [0.1, 0.15) is 24.2 Å². The second-order valence-corrected chi connectivity index (χ2v) is 7.00. The largest absolute Gasteiger partial charge is 0.462 e. The summed E-state index contributed by atoms with van der Waals surface area (Å²) in [5, 5.41) is 0. The number of carbonyl (C=O) groups is 1. The lowest BCUT2D eigenvalue weighted by molar-refractivity contribution is 0.0526. The lowest BCUT2D eigenvalue weighted by atomic mass is 10.1. The maximum absolute atomic E-state index is 12.4. The summed E-state index contributed by atoms with van der Waals surface area (Å²) in [6.07, 6.45) is 0. The van der Waals surface area contributed by atoms with Crippen LogP contribution in [0.25, 0.3) is 11.2 Å². The van der Waals surface area contributed by atoms with Gasteiger partial charge in [0.2, 0.25) is 5.95 Å². The van der Waals surface area contributed by atoms with Crippen LogP contribution in [0.5, 0.6) is 0 Å². The highest BCUT2D eigenvalue weighted by Gasteiger charge is 2.29. The number of esters is 1. The Morgan fingerprint density at radius 1 is 1.25 bits per heavy atom. The van der Waals surface area contributed by atoms with Gasteiger partial charge in [0.1, 0.15) is 0 Å². The topological polar surface area (TPSA) is 102 Å². The first-order chi connectivity index (χ1) is 13.4. The highest BCUT2D eigenvalue weighted by Crippen LogP contribution is 2.32. The molecule has 0 bridgehead atoms. The van der Waals surface area contributed by atoms with Crippen molar-refractivity contribution in [3.05, 3.63) is 50.7 Å². The Morgan fingerprint density at radius 2 is 1.96 bits per heavy atom. The predicted octanol–water partition coefficient (Wildman–Crippen LogP) is 1.39. The number of aromatic amines is 1. The number of imidazole rings is 1. The molecule has 0 radical (unpaired) electrons. The number of H-pyrrole nitrogens is 1. The van der Waals surface area contributed by atoms with Gasteiger partial charge in [-0.3, -0.25) is 14.3 Å². The molecule has 3 heterocycles. The fourth-order valence-electron chi connectivity index (χ4n) is 3.58. The van der Waals surface area contributed by atoms with Crippen LogP contribution in [-0.2, 0) is 18.3 Å². The molecular weight excluding hydrogens is 362 g/mol. The number of ether oxygens (including phenoxy) is 1. The Labute approximate surface area is 160 Å². The third-order valence-electron chi connectivity index (χ3n) is 4.91. The van der Waals surface area contributed by atoms with Crippen molar-refractivity contribution in [1.29, 1.82) is 0 Å². The van der Waals surface area contributed by atoms with Gasteiger partial charge in [0.15, 0.2) is 11.2 Å². The van der Waals surface area contributed by atoms with E-state index in [-0.39, 0.29) is 11.9 Å². The molecule has 0 saturated carbocycles. The molecule has 1 N–H and O–H groups in total. The van der Waals surface area contributed by atoms with Gasteiger partial charge >= 0.3 is 11.7 Å². The van der Waals surface area contributed by atoms with E-state index >= 15 is 0 Å². The molecule has 3 aromatic rings. The molecule has 1 aliphatic rings. The molecule has 28 heavy (non-hydrogen) atoms. The number of carbonyl (C=O) groups excluding carboxylic acids is 1. The molecule has 1 atom stereocenters. The lowest BCUT2D eigenvalue weighted by Gasteiger charge is -2.33. The van der Waals surface area contributed by atoms with Gasteiger partial charge in [0.25, 0.3) is 5.56 Å². The molecule has 1 aliphatic heterocycles. The maximum Gasteiger partial charge on any atom is 0.338 e. The number of aryl methyl sites for hydroxylation is 1. The number of nitrogens with zero attached hydrogens (tertiary/aromatic N) is 4. The van der Waals surface area contributed by atoms with Gasteiger partial charge in [0.05, 0.1) is 12.2 Å². The van der Waals surface area contributed by atoms with E-state index in [0.717, 1.165) is 5.69 Å². The van der Waals surface area contributed by atoms with Crippen LogP contribution in [0.4, 0.5) is 11.6 Å². The van der Waals surface area contributed by atoms with Crippen molar-refractivity contribution < 1.29 is 9.53 Å². The van der Waals surface area contributed by atoms with Gasteiger partial charge in [-0.25, -0.2) is 9.59 Å². The zero-order valence-electron chi connectivity index (χ0n) is 15.9. The number of anilines is 2. The molecule has 0 spiro atoms. The van der Waals surface area contributed by atoms with Gasteiger partial charge < -0.3 is 14.2 Å². The van der Waals surface area contributed by atoms with Crippen molar-refractivity contribution >= 4 is 28.8 Å². The summed E-state index contributed by atoms with van der Waals surface area (Å²) >= 11 is 0. The van der Waals surface area contributed by atoms with Gasteiger partial charge in [-0.05, 0) is 37.1 Å². The van der Waals surface area contributed by atoms with Crippen LogP contribution >= 0.6 is 0 Å². The van der Waals surface area contributed by atoms with Gasteiger partial charge in [0, 0.05) is 25.8 Å². The third kappa shape index (κ3) is 2.79. The molecule has 0 saturated heterocycles. The molecule has 4 rings (SSSR count). The zero-order valence-corrected chi connectivity index (χ0v) is 15.9. The van der Waals surface area contributed by atoms with Crippen molar-refractivity contribution in [3.63, 3.8) is 0 Å². The van der Waals surface area contributed by atoms with Crippen LogP contribution in [0.15, 0.2) is 33.9 Å². The molecule has 9 nitrogen and oxygen atoms in total. The van der Waals surface area contributed by atoms with Crippen molar-refractivity contribution in [2.24, 2.45) is 13.0 Å². The molecule has 1 aromatic carbocycles. The van der Waals surface area contributed by atoms with Gasteiger partial charge in [-0.15, -0.1) is 0 Å². The predicted molar refractivity (Wildman–Crippen MR) is 104 cm³/mol. The summed E-state index contributed by atoms with van der Waals surface area (Å²) in [6.45, 7) is 5.51. The highest BCUT2D eigenvalue weighted by atomic mass is 16.5. The zero-order chi connectivity index (χ0) is 20.0. The van der Waals surface area contributed by atoms with E-state index < -0.39 is 11.2 Å². The standard InChI is InChI=1S/C19H21N5O4/c1-4-28-17(26)12-5-7-13(8-6-12)23-9-11(2)10-24-14-15(20-18(23)24)22(3)19(27)21-16(14)25/h5-8,11H,4,9-10H2,1-3H3,(H,21,25,27)/t11-/m1/s1. The van der Waals surface area contributed by atoms with E-state index in [1.165, 1.54) is 4.57 Å². The Morgan fingerprint density at radius 3 is 2.64 bits per heavy atom. The van der Waals surface area contributed by atoms with Gasteiger partial charge in [-0.2, -0.15) is 4.98 Å². The van der Waals surface area contributed by atoms with E-state index in [2.05, 4.69) is 16.9 Å². The second kappa shape index (κ2) is 6.66. The molecule has 9 heteroatoms. The molecule has 0 amide bonds. The number of hydrogen-bond donors (Lipinski definition) is 1. The minimum atomic E-state index is -0.494. The highest BCUT2D eigenvalue weighted by molar-refractivity contribution is 5.90. The third-order valence-corrected chi connectivity index (χ3v) is 4.91. The normalized spacial score (nSPS) is 16.2. The van der Waals surface area contributed by atoms with Gasteiger partial charge in [-0.1, -0.05) is 6.92 Å². The summed E-state index contributed by atoms with van der Waals surface area (Å²) in [5.74, 6) is 0.491. The quantitative estimate of drug-likeness (QED) is 0.686. The average molecular weight is 383 g/mol. The van der Waals surface area contributed by atoms with E-state index in [4.69, 9.17) is 4.74 Å². The number of nitrogens with one attached hydrogen (secondary N) is 1. The average Bonchev–Trinajstić information content (AvgIpc) is 3.06. The first kappa shape index (κ1) is 18.0. The van der Waals surface area contributed by atoms with Crippen molar-refractivity contribution in [2.75, 3.05) is 18.1 Å². The monoisotopic (exact) mass is 383 g/mol. The molecule has 0 unspecified atom stereocenters. The lowest BCUT2D eigenvalue weighted by Crippen LogP contribution is -2.35. The maximum atomic E-state index is 12.4. The van der Waals surface area contributed by atoms with Crippen molar-refractivity contribution in [3.8, 4) is 0 Å². The van der Waals surface area contributed by atoms with E-state index in [1.54, 1.807) is 26.1 Å². The molecule has 146 valence electrons. The first-order valence-electron chi connectivity index (χ1n) is 9.15. The van der Waals surface area contributed by atoms with Crippen LogP contribution in [0, 0.1) is 5.92 Å². The molecule has 0 aliphatic carbocycles.